The molecule has 0 aliphatic carbocycles. The lowest BCUT2D eigenvalue weighted by Crippen LogP contribution is -2.39. The van der Waals surface area contributed by atoms with Crippen LogP contribution in [-0.4, -0.2) is 38.7 Å². The topological polar surface area (TPSA) is 83.8 Å². The third-order valence-corrected chi connectivity index (χ3v) is 4.62. The number of pyridine rings is 1. The summed E-state index contributed by atoms with van der Waals surface area (Å²) in [5, 5.41) is 2.79. The van der Waals surface area contributed by atoms with E-state index in [1.807, 2.05) is 30.3 Å². The predicted octanol–water partition coefficient (Wildman–Crippen LogP) is 1.23. The highest BCUT2D eigenvalue weighted by molar-refractivity contribution is 5.94. The quantitative estimate of drug-likeness (QED) is 0.757. The third-order valence-electron chi connectivity index (χ3n) is 4.62. The minimum atomic E-state index is -0.509. The molecule has 7 heteroatoms. The van der Waals surface area contributed by atoms with Crippen molar-refractivity contribution in [2.45, 2.75) is 19.0 Å². The van der Waals surface area contributed by atoms with E-state index in [-0.39, 0.29) is 23.9 Å². The van der Waals surface area contributed by atoms with Crippen LogP contribution in [0.15, 0.2) is 65.7 Å². The van der Waals surface area contributed by atoms with Gasteiger partial charge in [-0.05, 0) is 17.7 Å². The van der Waals surface area contributed by atoms with Gasteiger partial charge in [-0.2, -0.15) is 0 Å². The van der Waals surface area contributed by atoms with Gasteiger partial charge in [0.2, 0.25) is 5.91 Å². The van der Waals surface area contributed by atoms with E-state index in [4.69, 9.17) is 0 Å². The molecule has 1 aromatic carbocycles. The van der Waals surface area contributed by atoms with E-state index in [2.05, 4.69) is 10.3 Å². The number of carbonyl (C=O) groups is 2. The molecule has 2 amide bonds. The van der Waals surface area contributed by atoms with E-state index in [0.717, 1.165) is 5.56 Å². The number of carbonyl (C=O) groups excluding carboxylic acids is 2. The van der Waals surface area contributed by atoms with E-state index < -0.39 is 11.5 Å². The molecule has 7 nitrogen and oxygen atoms in total. The summed E-state index contributed by atoms with van der Waals surface area (Å²) in [5.41, 5.74) is 1.05. The van der Waals surface area contributed by atoms with Gasteiger partial charge in [0.05, 0.1) is 6.04 Å². The standard InChI is InChI=1S/C20H18N4O3/c25-18-10-15(13-23(18)12-14-6-2-1-3-7-14)22-19(26)16-11-21-17-8-4-5-9-24(17)20(16)27/h1-9,11,15H,10,12-13H2,(H,22,26). The molecule has 4 rings (SSSR count). The van der Waals surface area contributed by atoms with Crippen LogP contribution in [0.4, 0.5) is 0 Å². The minimum Gasteiger partial charge on any atom is -0.347 e. The SMILES string of the molecule is O=C(NC1CC(=O)N(Cc2ccccc2)C1)c1cnc2ccccn2c1=O. The van der Waals surface area contributed by atoms with Crippen molar-refractivity contribution in [2.24, 2.45) is 0 Å². The van der Waals surface area contributed by atoms with Gasteiger partial charge in [0, 0.05) is 31.9 Å². The average molecular weight is 362 g/mol. The number of likely N-dealkylation sites (tertiary alicyclic amines) is 1. The monoisotopic (exact) mass is 362 g/mol. The van der Waals surface area contributed by atoms with Crippen molar-refractivity contribution in [3.8, 4) is 0 Å². The van der Waals surface area contributed by atoms with Crippen LogP contribution in [0.5, 0.6) is 0 Å². The molecule has 3 aromatic rings. The molecule has 1 saturated heterocycles. The smallest absolute Gasteiger partial charge is 0.270 e. The molecule has 0 bridgehead atoms. The summed E-state index contributed by atoms with van der Waals surface area (Å²) in [5.74, 6) is -0.525. The van der Waals surface area contributed by atoms with Gasteiger partial charge in [0.15, 0.2) is 0 Å². The van der Waals surface area contributed by atoms with Crippen molar-refractivity contribution >= 4 is 17.5 Å². The van der Waals surface area contributed by atoms with Crippen LogP contribution in [0.25, 0.3) is 5.65 Å². The van der Waals surface area contributed by atoms with Gasteiger partial charge in [-0.25, -0.2) is 4.98 Å². The number of fused-ring (bicyclic) bond motifs is 1. The molecule has 3 heterocycles. The first-order chi connectivity index (χ1) is 13.1. The molecular weight excluding hydrogens is 344 g/mol. The Kier molecular flexibility index (Phi) is 4.42. The summed E-state index contributed by atoms with van der Waals surface area (Å²) in [4.78, 5) is 43.1. The Morgan fingerprint density at radius 1 is 1.11 bits per heavy atom. The fraction of sp³-hybridized carbons (Fsp3) is 0.200. The van der Waals surface area contributed by atoms with Crippen LogP contribution in [0, 0.1) is 0 Å². The maximum absolute atomic E-state index is 12.5. The Balaban J connectivity index is 1.47. The van der Waals surface area contributed by atoms with Crippen LogP contribution >= 0.6 is 0 Å². The molecule has 1 atom stereocenters. The summed E-state index contributed by atoms with van der Waals surface area (Å²) in [6.07, 6.45) is 3.08. The van der Waals surface area contributed by atoms with Crippen LogP contribution in [0.3, 0.4) is 0 Å². The maximum Gasteiger partial charge on any atom is 0.270 e. The van der Waals surface area contributed by atoms with Crippen molar-refractivity contribution < 1.29 is 9.59 Å². The number of nitrogens with zero attached hydrogens (tertiary/aromatic N) is 3. The second-order valence-electron chi connectivity index (χ2n) is 6.54. The number of hydrogen-bond donors (Lipinski definition) is 1. The number of nitrogens with one attached hydrogen (secondary N) is 1. The molecule has 1 N–H and O–H groups in total. The zero-order valence-corrected chi connectivity index (χ0v) is 14.5. The molecular formula is C20H18N4O3. The predicted molar refractivity (Wildman–Crippen MR) is 99.2 cm³/mol. The number of aromatic nitrogens is 2. The lowest BCUT2D eigenvalue weighted by atomic mass is 10.2. The Labute approximate surface area is 155 Å². The Hall–Kier alpha value is -3.48. The van der Waals surface area contributed by atoms with Crippen LogP contribution < -0.4 is 10.9 Å². The molecule has 1 fully saturated rings. The van der Waals surface area contributed by atoms with Crippen molar-refractivity contribution in [3.63, 3.8) is 0 Å². The first kappa shape index (κ1) is 17.0. The van der Waals surface area contributed by atoms with Crippen LogP contribution in [0.1, 0.15) is 22.3 Å². The minimum absolute atomic E-state index is 0.0162. The first-order valence-electron chi connectivity index (χ1n) is 8.71. The molecule has 27 heavy (non-hydrogen) atoms. The fourth-order valence-electron chi connectivity index (χ4n) is 3.27. The molecule has 136 valence electrons. The molecule has 0 spiro atoms. The zero-order valence-electron chi connectivity index (χ0n) is 14.5. The normalized spacial score (nSPS) is 16.7. The average Bonchev–Trinajstić information content (AvgIpc) is 3.01. The Morgan fingerprint density at radius 2 is 1.89 bits per heavy atom. The summed E-state index contributed by atoms with van der Waals surface area (Å²) < 4.78 is 1.33. The molecule has 2 aromatic heterocycles. The van der Waals surface area contributed by atoms with Gasteiger partial charge < -0.3 is 10.2 Å². The zero-order chi connectivity index (χ0) is 18.8. The summed E-state index contributed by atoms with van der Waals surface area (Å²) in [7, 11) is 0. The largest absolute Gasteiger partial charge is 0.347 e. The molecule has 1 aliphatic rings. The summed E-state index contributed by atoms with van der Waals surface area (Å²) in [6, 6.07) is 14.5. The van der Waals surface area contributed by atoms with E-state index in [1.54, 1.807) is 29.3 Å². The lowest BCUT2D eigenvalue weighted by molar-refractivity contribution is -0.128. The number of benzene rings is 1. The van der Waals surface area contributed by atoms with E-state index >= 15 is 0 Å². The lowest BCUT2D eigenvalue weighted by Gasteiger charge is -2.17. The first-order valence-corrected chi connectivity index (χ1v) is 8.71. The van der Waals surface area contributed by atoms with E-state index in [1.165, 1.54) is 10.6 Å². The van der Waals surface area contributed by atoms with E-state index in [0.29, 0.717) is 18.7 Å². The Bertz CT molecular complexity index is 1060. The molecule has 1 unspecified atom stereocenters. The van der Waals surface area contributed by atoms with Crippen molar-refractivity contribution in [2.75, 3.05) is 6.54 Å². The number of amides is 2. The van der Waals surface area contributed by atoms with Crippen LogP contribution in [0.2, 0.25) is 0 Å². The van der Waals surface area contributed by atoms with Gasteiger partial charge in [0.25, 0.3) is 11.5 Å². The second-order valence-corrected chi connectivity index (χ2v) is 6.54. The highest BCUT2D eigenvalue weighted by atomic mass is 16.2. The Morgan fingerprint density at radius 3 is 2.70 bits per heavy atom. The van der Waals surface area contributed by atoms with Gasteiger partial charge in [-0.3, -0.25) is 18.8 Å². The van der Waals surface area contributed by atoms with Crippen molar-refractivity contribution in [3.05, 3.63) is 82.4 Å². The van der Waals surface area contributed by atoms with E-state index in [9.17, 15) is 14.4 Å². The molecule has 0 radical (unpaired) electrons. The van der Waals surface area contributed by atoms with Crippen LogP contribution in [-0.2, 0) is 11.3 Å². The summed E-state index contributed by atoms with van der Waals surface area (Å²) in [6.45, 7) is 0.925. The van der Waals surface area contributed by atoms with Crippen molar-refractivity contribution in [1.29, 1.82) is 0 Å². The summed E-state index contributed by atoms with van der Waals surface area (Å²) >= 11 is 0. The highest BCUT2D eigenvalue weighted by Gasteiger charge is 2.31. The van der Waals surface area contributed by atoms with Gasteiger partial charge >= 0.3 is 0 Å². The maximum atomic E-state index is 12.5. The molecule has 1 aliphatic heterocycles. The highest BCUT2D eigenvalue weighted by Crippen LogP contribution is 2.15. The van der Waals surface area contributed by atoms with Gasteiger partial charge in [0.1, 0.15) is 11.2 Å². The second kappa shape index (κ2) is 7.03. The third kappa shape index (κ3) is 3.44. The fourth-order valence-corrected chi connectivity index (χ4v) is 3.27. The van der Waals surface area contributed by atoms with Crippen molar-refractivity contribution in [1.82, 2.24) is 19.6 Å². The molecule has 0 saturated carbocycles. The van der Waals surface area contributed by atoms with Gasteiger partial charge in [-0.15, -0.1) is 0 Å². The number of rotatable bonds is 4. The number of hydrogen-bond acceptors (Lipinski definition) is 4. The van der Waals surface area contributed by atoms with Gasteiger partial charge in [-0.1, -0.05) is 36.4 Å².